The summed E-state index contributed by atoms with van der Waals surface area (Å²) in [6, 6.07) is 1.14. The second kappa shape index (κ2) is 14.8. The third kappa shape index (κ3) is 11.7. The monoisotopic (exact) mass is 521 g/mol. The Kier molecular flexibility index (Phi) is 12.5. The molecule has 0 aliphatic carbocycles. The lowest BCUT2D eigenvalue weighted by atomic mass is 10.0. The number of carboxylic acid groups (broad SMARTS) is 1. The SMILES string of the molecule is CC(C)CC(N)C(=O)NC(CC(N)=O)C(=O)NC(CC(C)C)C(=O)NC(Cc1ccc(O)cc1)C(=O)O. The van der Waals surface area contributed by atoms with Crippen molar-refractivity contribution in [2.45, 2.75) is 77.5 Å². The summed E-state index contributed by atoms with van der Waals surface area (Å²) in [6.07, 6.45) is -0.0572. The summed E-state index contributed by atoms with van der Waals surface area (Å²) >= 11 is 0. The zero-order valence-electron chi connectivity index (χ0n) is 21.7. The maximum atomic E-state index is 13.0. The average Bonchev–Trinajstić information content (AvgIpc) is 2.77. The Hall–Kier alpha value is -3.67. The standard InChI is InChI=1S/C25H39N5O7/c1-13(2)9-17(26)22(33)28-19(12-21(27)32)24(35)29-18(10-14(3)4)23(34)30-20(25(36)37)11-15-5-7-16(31)8-6-15/h5-8,13-14,17-20,31H,9-12,26H2,1-4H3,(H2,27,32)(H,28,33)(H,29,35)(H,30,34)(H,36,37). The van der Waals surface area contributed by atoms with Gasteiger partial charge in [-0.3, -0.25) is 19.2 Å². The highest BCUT2D eigenvalue weighted by atomic mass is 16.4. The van der Waals surface area contributed by atoms with E-state index in [1.54, 1.807) is 0 Å². The molecule has 37 heavy (non-hydrogen) atoms. The first kappa shape index (κ1) is 31.4. The molecule has 0 aromatic heterocycles. The van der Waals surface area contributed by atoms with Gasteiger partial charge in [-0.15, -0.1) is 0 Å². The number of hydrogen-bond acceptors (Lipinski definition) is 7. The molecule has 0 aliphatic rings. The predicted octanol–water partition coefficient (Wildman–Crippen LogP) is -0.231. The molecule has 0 spiro atoms. The smallest absolute Gasteiger partial charge is 0.326 e. The molecule has 206 valence electrons. The lowest BCUT2D eigenvalue weighted by Crippen LogP contribution is -2.58. The molecule has 0 heterocycles. The summed E-state index contributed by atoms with van der Waals surface area (Å²) in [5.74, 6) is -4.27. The number of carbonyl (C=O) groups is 5. The zero-order chi connectivity index (χ0) is 28.3. The number of primary amides is 1. The van der Waals surface area contributed by atoms with E-state index in [1.165, 1.54) is 24.3 Å². The van der Waals surface area contributed by atoms with Crippen molar-refractivity contribution < 1.29 is 34.2 Å². The van der Waals surface area contributed by atoms with Gasteiger partial charge in [-0.25, -0.2) is 4.79 Å². The molecule has 4 atom stereocenters. The highest BCUT2D eigenvalue weighted by Gasteiger charge is 2.31. The number of hydrogen-bond donors (Lipinski definition) is 7. The van der Waals surface area contributed by atoms with Crippen molar-refractivity contribution in [3.8, 4) is 5.75 Å². The van der Waals surface area contributed by atoms with E-state index in [0.29, 0.717) is 12.0 Å². The molecule has 12 nitrogen and oxygen atoms in total. The van der Waals surface area contributed by atoms with E-state index in [0.717, 1.165) is 0 Å². The number of aliphatic carboxylic acids is 1. The van der Waals surface area contributed by atoms with E-state index in [-0.39, 0.29) is 30.4 Å². The number of phenolic OH excluding ortho intramolecular Hbond substituents is 1. The summed E-state index contributed by atoms with van der Waals surface area (Å²) in [7, 11) is 0. The maximum Gasteiger partial charge on any atom is 0.326 e. The fraction of sp³-hybridized carbons (Fsp3) is 0.560. The summed E-state index contributed by atoms with van der Waals surface area (Å²) < 4.78 is 0. The van der Waals surface area contributed by atoms with Crippen LogP contribution in [-0.4, -0.2) is 64.0 Å². The first-order valence-corrected chi connectivity index (χ1v) is 12.1. The Morgan fingerprint density at radius 2 is 1.27 bits per heavy atom. The second-order valence-electron chi connectivity index (χ2n) is 9.93. The summed E-state index contributed by atoms with van der Waals surface area (Å²) in [5.41, 5.74) is 11.7. The fourth-order valence-corrected chi connectivity index (χ4v) is 3.62. The van der Waals surface area contributed by atoms with Gasteiger partial charge in [0, 0.05) is 6.42 Å². The highest BCUT2D eigenvalue weighted by molar-refractivity contribution is 5.96. The van der Waals surface area contributed by atoms with Gasteiger partial charge >= 0.3 is 5.97 Å². The van der Waals surface area contributed by atoms with E-state index in [2.05, 4.69) is 16.0 Å². The van der Waals surface area contributed by atoms with Gasteiger partial charge in [0.2, 0.25) is 23.6 Å². The van der Waals surface area contributed by atoms with E-state index in [1.807, 2.05) is 27.7 Å². The normalized spacial score (nSPS) is 14.4. The van der Waals surface area contributed by atoms with Crippen molar-refractivity contribution >= 4 is 29.6 Å². The van der Waals surface area contributed by atoms with Gasteiger partial charge < -0.3 is 37.6 Å². The molecule has 12 heteroatoms. The molecule has 9 N–H and O–H groups in total. The van der Waals surface area contributed by atoms with Gasteiger partial charge in [-0.1, -0.05) is 39.8 Å². The Morgan fingerprint density at radius 3 is 1.76 bits per heavy atom. The van der Waals surface area contributed by atoms with Crippen LogP contribution in [0.4, 0.5) is 0 Å². The Balaban J connectivity index is 3.02. The van der Waals surface area contributed by atoms with Crippen molar-refractivity contribution in [1.29, 1.82) is 0 Å². The number of phenols is 1. The first-order valence-electron chi connectivity index (χ1n) is 12.1. The molecular formula is C25H39N5O7. The fourth-order valence-electron chi connectivity index (χ4n) is 3.62. The lowest BCUT2D eigenvalue weighted by Gasteiger charge is -2.26. The Labute approximate surface area is 216 Å². The van der Waals surface area contributed by atoms with Crippen LogP contribution in [0.1, 0.15) is 52.5 Å². The molecule has 0 saturated heterocycles. The van der Waals surface area contributed by atoms with Crippen LogP contribution in [0.2, 0.25) is 0 Å². The van der Waals surface area contributed by atoms with Crippen LogP contribution in [0, 0.1) is 11.8 Å². The molecule has 0 saturated carbocycles. The van der Waals surface area contributed by atoms with Gasteiger partial charge in [0.25, 0.3) is 0 Å². The molecule has 0 aliphatic heterocycles. The van der Waals surface area contributed by atoms with E-state index in [9.17, 15) is 34.2 Å². The minimum atomic E-state index is -1.36. The third-order valence-corrected chi connectivity index (χ3v) is 5.43. The number of aromatic hydroxyl groups is 1. The van der Waals surface area contributed by atoms with Crippen LogP contribution in [0.3, 0.4) is 0 Å². The van der Waals surface area contributed by atoms with Gasteiger partial charge in [-0.2, -0.15) is 0 Å². The van der Waals surface area contributed by atoms with Gasteiger partial charge in [0.1, 0.15) is 23.9 Å². The minimum absolute atomic E-state index is 0.0159. The van der Waals surface area contributed by atoms with Crippen LogP contribution in [0.5, 0.6) is 5.75 Å². The van der Waals surface area contributed by atoms with Gasteiger partial charge in [-0.05, 0) is 42.4 Å². The molecular weight excluding hydrogens is 482 g/mol. The van der Waals surface area contributed by atoms with Crippen molar-refractivity contribution in [2.24, 2.45) is 23.3 Å². The van der Waals surface area contributed by atoms with Crippen LogP contribution in [0.25, 0.3) is 0 Å². The number of amides is 4. The predicted molar refractivity (Wildman–Crippen MR) is 136 cm³/mol. The largest absolute Gasteiger partial charge is 0.508 e. The zero-order valence-corrected chi connectivity index (χ0v) is 21.7. The number of nitrogens with two attached hydrogens (primary N) is 2. The second-order valence-corrected chi connectivity index (χ2v) is 9.93. The summed E-state index contributed by atoms with van der Waals surface area (Å²) in [4.78, 5) is 61.9. The highest BCUT2D eigenvalue weighted by Crippen LogP contribution is 2.13. The maximum absolute atomic E-state index is 13.0. The minimum Gasteiger partial charge on any atom is -0.508 e. The van der Waals surface area contributed by atoms with Crippen molar-refractivity contribution in [3.63, 3.8) is 0 Å². The van der Waals surface area contributed by atoms with Crippen molar-refractivity contribution in [2.75, 3.05) is 0 Å². The average molecular weight is 522 g/mol. The number of rotatable bonds is 15. The van der Waals surface area contributed by atoms with E-state index >= 15 is 0 Å². The molecule has 1 rings (SSSR count). The third-order valence-electron chi connectivity index (χ3n) is 5.43. The van der Waals surface area contributed by atoms with Crippen LogP contribution < -0.4 is 27.4 Å². The summed E-state index contributed by atoms with van der Waals surface area (Å²) in [5, 5.41) is 26.4. The Morgan fingerprint density at radius 1 is 0.784 bits per heavy atom. The Bertz CT molecular complexity index is 949. The number of benzene rings is 1. The number of nitrogens with one attached hydrogen (secondary N) is 3. The molecule has 4 amide bonds. The molecule has 0 fully saturated rings. The molecule has 4 unspecified atom stereocenters. The van der Waals surface area contributed by atoms with Crippen LogP contribution >= 0.6 is 0 Å². The lowest BCUT2D eigenvalue weighted by molar-refractivity contribution is -0.142. The summed E-state index contributed by atoms with van der Waals surface area (Å²) in [6.45, 7) is 7.38. The molecule has 0 bridgehead atoms. The van der Waals surface area contributed by atoms with Crippen LogP contribution in [0.15, 0.2) is 24.3 Å². The van der Waals surface area contributed by atoms with Gasteiger partial charge in [0.15, 0.2) is 0 Å². The van der Waals surface area contributed by atoms with Crippen molar-refractivity contribution in [1.82, 2.24) is 16.0 Å². The number of carbonyl (C=O) groups excluding carboxylic acids is 4. The van der Waals surface area contributed by atoms with Crippen LogP contribution in [-0.2, 0) is 30.4 Å². The molecule has 0 radical (unpaired) electrons. The number of carboxylic acids is 1. The van der Waals surface area contributed by atoms with E-state index < -0.39 is 60.2 Å². The molecule has 1 aromatic carbocycles. The van der Waals surface area contributed by atoms with Gasteiger partial charge in [0.05, 0.1) is 12.5 Å². The van der Waals surface area contributed by atoms with E-state index in [4.69, 9.17) is 11.5 Å². The first-order chi connectivity index (χ1) is 17.2. The van der Waals surface area contributed by atoms with Crippen molar-refractivity contribution in [3.05, 3.63) is 29.8 Å². The quantitative estimate of drug-likeness (QED) is 0.163. The molecule has 1 aromatic rings. The topological polar surface area (TPSA) is 214 Å².